The Bertz CT molecular complexity index is 1090. The molecule has 3 aromatic rings. The smallest absolute Gasteiger partial charge is 0.337 e. The molecule has 0 radical (unpaired) electrons. The molecule has 0 saturated carbocycles. The van der Waals surface area contributed by atoms with Crippen molar-refractivity contribution in [3.63, 3.8) is 0 Å². The molecule has 0 saturated heterocycles. The number of aromatic carboxylic acids is 1. The van der Waals surface area contributed by atoms with Crippen LogP contribution in [0.2, 0.25) is 0 Å². The second-order valence-corrected chi connectivity index (χ2v) is 7.04. The van der Waals surface area contributed by atoms with Crippen LogP contribution in [0.1, 0.15) is 28.3 Å². The van der Waals surface area contributed by atoms with E-state index in [0.717, 1.165) is 23.3 Å². The van der Waals surface area contributed by atoms with E-state index in [1.54, 1.807) is 13.2 Å². The molecule has 1 atom stereocenters. The van der Waals surface area contributed by atoms with Crippen LogP contribution in [-0.4, -0.2) is 36.3 Å². The van der Waals surface area contributed by atoms with Gasteiger partial charge in [-0.3, -0.25) is 4.98 Å². The van der Waals surface area contributed by atoms with E-state index in [4.69, 9.17) is 9.47 Å². The van der Waals surface area contributed by atoms with Gasteiger partial charge in [0.15, 0.2) is 0 Å². The van der Waals surface area contributed by atoms with Crippen LogP contribution in [0.4, 0.5) is 10.1 Å². The van der Waals surface area contributed by atoms with E-state index in [0.29, 0.717) is 30.2 Å². The first-order valence-electron chi connectivity index (χ1n) is 9.58. The van der Waals surface area contributed by atoms with Crippen molar-refractivity contribution >= 4 is 11.7 Å². The summed E-state index contributed by atoms with van der Waals surface area (Å²) >= 11 is 0. The Morgan fingerprint density at radius 3 is 2.97 bits per heavy atom. The Morgan fingerprint density at radius 1 is 1.30 bits per heavy atom. The maximum Gasteiger partial charge on any atom is 0.337 e. The van der Waals surface area contributed by atoms with Gasteiger partial charge in [0.05, 0.1) is 31.2 Å². The summed E-state index contributed by atoms with van der Waals surface area (Å²) in [5.74, 6) is 0.127. The fraction of sp³-hybridized carbons (Fsp3) is 0.217. The van der Waals surface area contributed by atoms with E-state index < -0.39 is 5.97 Å². The van der Waals surface area contributed by atoms with Crippen molar-refractivity contribution in [2.75, 3.05) is 25.6 Å². The van der Waals surface area contributed by atoms with Crippen molar-refractivity contribution in [1.29, 1.82) is 0 Å². The topological polar surface area (TPSA) is 80.7 Å². The average molecular weight is 408 g/mol. The number of hydrogen-bond donors (Lipinski definition) is 2. The van der Waals surface area contributed by atoms with Crippen LogP contribution < -0.4 is 14.8 Å². The highest BCUT2D eigenvalue weighted by atomic mass is 19.1. The number of rotatable bonds is 6. The fourth-order valence-corrected chi connectivity index (χ4v) is 3.70. The molecule has 6 nitrogen and oxygen atoms in total. The SMILES string of the molecule is COc1ccc(F)cc1-c1ccc2c(c1)OCC[C@H]2CNc1cnccc1C(=O)O. The van der Waals surface area contributed by atoms with Crippen LogP contribution in [0.5, 0.6) is 11.5 Å². The number of carboxylic acid groups (broad SMARTS) is 1. The van der Waals surface area contributed by atoms with Crippen molar-refractivity contribution < 1.29 is 23.8 Å². The molecule has 4 rings (SSSR count). The molecule has 0 unspecified atom stereocenters. The molecule has 154 valence electrons. The van der Waals surface area contributed by atoms with E-state index in [9.17, 15) is 14.3 Å². The lowest BCUT2D eigenvalue weighted by Gasteiger charge is -2.27. The molecule has 0 fully saturated rings. The maximum absolute atomic E-state index is 13.8. The summed E-state index contributed by atoms with van der Waals surface area (Å²) in [6.45, 7) is 1.09. The molecule has 2 aromatic carbocycles. The molecule has 0 amide bonds. The van der Waals surface area contributed by atoms with Gasteiger partial charge < -0.3 is 19.9 Å². The minimum Gasteiger partial charge on any atom is -0.496 e. The van der Waals surface area contributed by atoms with Crippen molar-refractivity contribution in [3.05, 3.63) is 71.8 Å². The van der Waals surface area contributed by atoms with E-state index in [2.05, 4.69) is 10.3 Å². The molecule has 2 N–H and O–H groups in total. The molecular formula is C23H21FN2O4. The lowest BCUT2D eigenvalue weighted by molar-refractivity contribution is 0.0697. The Hall–Kier alpha value is -3.61. The standard InChI is InChI=1S/C23H21FN2O4/c1-29-21-5-3-16(24)11-19(21)14-2-4-17-15(7-9-30-22(17)10-14)12-26-20-13-25-8-6-18(20)23(27)28/h2-6,8,10-11,13,15,26H,7,9,12H2,1H3,(H,27,28)/t15-/m0/s1. The number of anilines is 1. The number of methoxy groups -OCH3 is 1. The first-order valence-corrected chi connectivity index (χ1v) is 9.58. The van der Waals surface area contributed by atoms with Crippen LogP contribution >= 0.6 is 0 Å². The molecule has 2 heterocycles. The number of nitrogens with one attached hydrogen (secondary N) is 1. The average Bonchev–Trinajstić information content (AvgIpc) is 2.77. The van der Waals surface area contributed by atoms with Gasteiger partial charge in [-0.1, -0.05) is 12.1 Å². The number of benzene rings is 2. The van der Waals surface area contributed by atoms with Gasteiger partial charge >= 0.3 is 5.97 Å². The van der Waals surface area contributed by atoms with Crippen LogP contribution in [0.15, 0.2) is 54.9 Å². The highest BCUT2D eigenvalue weighted by Gasteiger charge is 2.23. The zero-order chi connectivity index (χ0) is 21.1. The van der Waals surface area contributed by atoms with Gasteiger partial charge in [0, 0.05) is 24.2 Å². The highest BCUT2D eigenvalue weighted by Crippen LogP contribution is 2.39. The number of carboxylic acids is 1. The monoisotopic (exact) mass is 408 g/mol. The molecule has 30 heavy (non-hydrogen) atoms. The molecule has 1 aliphatic heterocycles. The Kier molecular flexibility index (Phi) is 5.52. The maximum atomic E-state index is 13.8. The number of fused-ring (bicyclic) bond motifs is 1. The third-order valence-corrected chi connectivity index (χ3v) is 5.24. The third kappa shape index (κ3) is 3.91. The summed E-state index contributed by atoms with van der Waals surface area (Å²) in [6, 6.07) is 11.7. The van der Waals surface area contributed by atoms with E-state index in [-0.39, 0.29) is 17.3 Å². The molecule has 0 bridgehead atoms. The third-order valence-electron chi connectivity index (χ3n) is 5.24. The Labute approximate surface area is 173 Å². The number of pyridine rings is 1. The zero-order valence-electron chi connectivity index (χ0n) is 16.4. The fourth-order valence-electron chi connectivity index (χ4n) is 3.70. The number of hydrogen-bond acceptors (Lipinski definition) is 5. The van der Waals surface area contributed by atoms with E-state index in [1.807, 2.05) is 18.2 Å². The van der Waals surface area contributed by atoms with Gasteiger partial charge in [0.1, 0.15) is 17.3 Å². The number of ether oxygens (including phenoxy) is 2. The van der Waals surface area contributed by atoms with Gasteiger partial charge in [-0.15, -0.1) is 0 Å². The van der Waals surface area contributed by atoms with Crippen molar-refractivity contribution in [1.82, 2.24) is 4.98 Å². The second-order valence-electron chi connectivity index (χ2n) is 7.04. The van der Waals surface area contributed by atoms with Gasteiger partial charge in [0.25, 0.3) is 0 Å². The molecule has 1 aliphatic rings. The molecule has 7 heteroatoms. The van der Waals surface area contributed by atoms with Gasteiger partial charge in [-0.25, -0.2) is 9.18 Å². The molecule has 0 spiro atoms. The van der Waals surface area contributed by atoms with Crippen molar-refractivity contribution in [2.24, 2.45) is 0 Å². The van der Waals surface area contributed by atoms with Crippen molar-refractivity contribution in [2.45, 2.75) is 12.3 Å². The Balaban J connectivity index is 1.59. The first-order chi connectivity index (χ1) is 14.6. The van der Waals surface area contributed by atoms with Crippen LogP contribution in [0.25, 0.3) is 11.1 Å². The van der Waals surface area contributed by atoms with Crippen LogP contribution in [0, 0.1) is 5.82 Å². The van der Waals surface area contributed by atoms with E-state index >= 15 is 0 Å². The van der Waals surface area contributed by atoms with E-state index in [1.165, 1.54) is 30.6 Å². The lowest BCUT2D eigenvalue weighted by Crippen LogP contribution is -2.21. The summed E-state index contributed by atoms with van der Waals surface area (Å²) in [4.78, 5) is 15.4. The molecule has 0 aliphatic carbocycles. The normalized spacial score (nSPS) is 15.1. The summed E-state index contributed by atoms with van der Waals surface area (Å²) in [7, 11) is 1.55. The quantitative estimate of drug-likeness (QED) is 0.622. The summed E-state index contributed by atoms with van der Waals surface area (Å²) in [5, 5.41) is 12.5. The minimum absolute atomic E-state index is 0.138. The summed E-state index contributed by atoms with van der Waals surface area (Å²) < 4.78 is 25.0. The largest absolute Gasteiger partial charge is 0.496 e. The van der Waals surface area contributed by atoms with Gasteiger partial charge in [0.2, 0.25) is 0 Å². The number of carbonyl (C=O) groups is 1. The van der Waals surface area contributed by atoms with Crippen LogP contribution in [-0.2, 0) is 0 Å². The number of halogens is 1. The summed E-state index contributed by atoms with van der Waals surface area (Å²) in [5.41, 5.74) is 3.16. The predicted octanol–water partition coefficient (Wildman–Crippen LogP) is 4.57. The predicted molar refractivity (Wildman–Crippen MR) is 111 cm³/mol. The second kappa shape index (κ2) is 8.41. The lowest BCUT2D eigenvalue weighted by atomic mass is 9.90. The van der Waals surface area contributed by atoms with Gasteiger partial charge in [-0.05, 0) is 47.9 Å². The summed E-state index contributed by atoms with van der Waals surface area (Å²) in [6.07, 6.45) is 3.77. The number of nitrogens with zero attached hydrogens (tertiary/aromatic N) is 1. The van der Waals surface area contributed by atoms with Gasteiger partial charge in [-0.2, -0.15) is 0 Å². The minimum atomic E-state index is -0.999. The van der Waals surface area contributed by atoms with Crippen LogP contribution in [0.3, 0.4) is 0 Å². The zero-order valence-corrected chi connectivity index (χ0v) is 16.4. The highest BCUT2D eigenvalue weighted by molar-refractivity contribution is 5.93. The number of aromatic nitrogens is 1. The molecular weight excluding hydrogens is 387 g/mol. The molecule has 1 aromatic heterocycles. The Morgan fingerprint density at radius 2 is 2.17 bits per heavy atom. The van der Waals surface area contributed by atoms with Crippen molar-refractivity contribution in [3.8, 4) is 22.6 Å². The first kappa shape index (κ1) is 19.7.